The van der Waals surface area contributed by atoms with Crippen LogP contribution in [0.1, 0.15) is 55.8 Å². The van der Waals surface area contributed by atoms with Crippen LogP contribution >= 0.6 is 0 Å². The molecule has 0 radical (unpaired) electrons. The summed E-state index contributed by atoms with van der Waals surface area (Å²) >= 11 is 0. The summed E-state index contributed by atoms with van der Waals surface area (Å²) in [6.45, 7) is 3.45. The molecule has 1 rings (SSSR count). The summed E-state index contributed by atoms with van der Waals surface area (Å²) in [5, 5.41) is 18.4. The van der Waals surface area contributed by atoms with Crippen molar-refractivity contribution in [1.82, 2.24) is 9.88 Å². The van der Waals surface area contributed by atoms with Crippen LogP contribution in [0, 0.1) is 0 Å². The summed E-state index contributed by atoms with van der Waals surface area (Å²) in [7, 11) is 0. The molecule has 0 spiro atoms. The molecule has 0 aromatic carbocycles. The molecule has 0 unspecified atom stereocenters. The smallest absolute Gasteiger partial charge is 0.255 e. The molecule has 0 saturated carbocycles. The predicted octanol–water partition coefficient (Wildman–Crippen LogP) is 2.58. The second-order valence-corrected chi connectivity index (χ2v) is 5.22. The van der Waals surface area contributed by atoms with E-state index in [9.17, 15) is 9.90 Å². The van der Waals surface area contributed by atoms with E-state index in [2.05, 4.69) is 11.9 Å². The standard InChI is InChI=1S/C16H26N2O3/c1-2-3-4-5-6-8-18(9-7-10-19)16(21)14-11-15(20)13-17-12-14/h11-13,19-20H,2-10H2,1H3. The molecule has 1 heterocycles. The number of hydrogen-bond donors (Lipinski definition) is 2. The lowest BCUT2D eigenvalue weighted by atomic mass is 10.1. The van der Waals surface area contributed by atoms with Crippen molar-refractivity contribution in [2.24, 2.45) is 0 Å². The lowest BCUT2D eigenvalue weighted by Crippen LogP contribution is -2.33. The molecule has 0 fully saturated rings. The van der Waals surface area contributed by atoms with E-state index in [4.69, 9.17) is 5.11 Å². The summed E-state index contributed by atoms with van der Waals surface area (Å²) < 4.78 is 0. The van der Waals surface area contributed by atoms with Crippen molar-refractivity contribution in [1.29, 1.82) is 0 Å². The summed E-state index contributed by atoms with van der Waals surface area (Å²) in [5.41, 5.74) is 0.390. The van der Waals surface area contributed by atoms with Crippen LogP contribution in [0.4, 0.5) is 0 Å². The fourth-order valence-corrected chi connectivity index (χ4v) is 2.21. The highest BCUT2D eigenvalue weighted by atomic mass is 16.3. The van der Waals surface area contributed by atoms with Crippen molar-refractivity contribution in [3.8, 4) is 5.75 Å². The summed E-state index contributed by atoms with van der Waals surface area (Å²) in [6, 6.07) is 1.43. The number of amides is 1. The third kappa shape index (κ3) is 6.58. The van der Waals surface area contributed by atoms with Crippen LogP contribution in [0.5, 0.6) is 5.75 Å². The van der Waals surface area contributed by atoms with Crippen molar-refractivity contribution in [3.05, 3.63) is 24.0 Å². The minimum atomic E-state index is -0.137. The van der Waals surface area contributed by atoms with E-state index in [1.807, 2.05) is 0 Å². The highest BCUT2D eigenvalue weighted by Gasteiger charge is 2.15. The van der Waals surface area contributed by atoms with E-state index in [0.717, 1.165) is 12.8 Å². The third-order valence-electron chi connectivity index (χ3n) is 3.38. The number of rotatable bonds is 10. The monoisotopic (exact) mass is 294 g/mol. The molecule has 5 nitrogen and oxygen atoms in total. The largest absolute Gasteiger partial charge is 0.506 e. The number of unbranched alkanes of at least 4 members (excludes halogenated alkanes) is 4. The van der Waals surface area contributed by atoms with E-state index in [1.165, 1.54) is 37.7 Å². The number of aromatic hydroxyl groups is 1. The Morgan fingerprint density at radius 1 is 1.14 bits per heavy atom. The van der Waals surface area contributed by atoms with E-state index < -0.39 is 0 Å². The molecule has 0 aliphatic carbocycles. The molecular formula is C16H26N2O3. The fraction of sp³-hybridized carbons (Fsp3) is 0.625. The van der Waals surface area contributed by atoms with Crippen molar-refractivity contribution in [3.63, 3.8) is 0 Å². The van der Waals surface area contributed by atoms with Crippen LogP contribution in [0.25, 0.3) is 0 Å². The average molecular weight is 294 g/mol. The Morgan fingerprint density at radius 3 is 2.52 bits per heavy atom. The summed E-state index contributed by atoms with van der Waals surface area (Å²) in [4.78, 5) is 18.0. The zero-order valence-electron chi connectivity index (χ0n) is 12.8. The Bertz CT molecular complexity index is 424. The van der Waals surface area contributed by atoms with Gasteiger partial charge in [-0.05, 0) is 18.9 Å². The number of pyridine rings is 1. The molecular weight excluding hydrogens is 268 g/mol. The molecule has 1 aromatic heterocycles. The number of nitrogens with zero attached hydrogens (tertiary/aromatic N) is 2. The first-order valence-corrected chi connectivity index (χ1v) is 7.73. The van der Waals surface area contributed by atoms with Crippen LogP contribution in [-0.2, 0) is 0 Å². The van der Waals surface area contributed by atoms with E-state index in [-0.39, 0.29) is 18.3 Å². The minimum absolute atomic E-state index is 0.00842. The minimum Gasteiger partial charge on any atom is -0.506 e. The molecule has 21 heavy (non-hydrogen) atoms. The van der Waals surface area contributed by atoms with Crippen molar-refractivity contribution in [2.45, 2.75) is 45.4 Å². The zero-order chi connectivity index (χ0) is 15.5. The Balaban J connectivity index is 2.56. The van der Waals surface area contributed by atoms with Gasteiger partial charge in [-0.2, -0.15) is 0 Å². The third-order valence-corrected chi connectivity index (χ3v) is 3.38. The molecule has 2 N–H and O–H groups in total. The highest BCUT2D eigenvalue weighted by Crippen LogP contribution is 2.13. The number of hydrogen-bond acceptors (Lipinski definition) is 4. The fourth-order valence-electron chi connectivity index (χ4n) is 2.21. The van der Waals surface area contributed by atoms with Gasteiger partial charge in [0.1, 0.15) is 5.75 Å². The van der Waals surface area contributed by atoms with E-state index in [0.29, 0.717) is 25.1 Å². The van der Waals surface area contributed by atoms with Gasteiger partial charge < -0.3 is 15.1 Å². The van der Waals surface area contributed by atoms with Crippen molar-refractivity contribution in [2.75, 3.05) is 19.7 Å². The lowest BCUT2D eigenvalue weighted by molar-refractivity contribution is 0.0741. The zero-order valence-corrected chi connectivity index (χ0v) is 12.8. The van der Waals surface area contributed by atoms with Crippen LogP contribution in [0.3, 0.4) is 0 Å². The van der Waals surface area contributed by atoms with Gasteiger partial charge in [-0.3, -0.25) is 9.78 Å². The first-order valence-electron chi connectivity index (χ1n) is 7.73. The lowest BCUT2D eigenvalue weighted by Gasteiger charge is -2.22. The van der Waals surface area contributed by atoms with Gasteiger partial charge in [0.05, 0.1) is 11.8 Å². The highest BCUT2D eigenvalue weighted by molar-refractivity contribution is 5.94. The Morgan fingerprint density at radius 2 is 1.86 bits per heavy atom. The molecule has 1 amide bonds. The van der Waals surface area contributed by atoms with Crippen LogP contribution in [-0.4, -0.2) is 45.7 Å². The Hall–Kier alpha value is -1.62. The second-order valence-electron chi connectivity index (χ2n) is 5.22. The SMILES string of the molecule is CCCCCCCN(CCCO)C(=O)c1cncc(O)c1. The number of aliphatic hydroxyl groups excluding tert-OH is 1. The van der Waals surface area contributed by atoms with E-state index in [1.54, 1.807) is 4.90 Å². The van der Waals surface area contributed by atoms with Gasteiger partial charge in [0.2, 0.25) is 0 Å². The number of carbonyl (C=O) groups is 1. The maximum absolute atomic E-state index is 12.4. The van der Waals surface area contributed by atoms with E-state index >= 15 is 0 Å². The van der Waals surface area contributed by atoms with Crippen molar-refractivity contribution < 1.29 is 15.0 Å². The Labute approximate surface area is 126 Å². The molecule has 118 valence electrons. The molecule has 1 aromatic rings. The molecule has 0 bridgehead atoms. The molecule has 5 heteroatoms. The van der Waals surface area contributed by atoms with Gasteiger partial charge in [0.25, 0.3) is 5.91 Å². The van der Waals surface area contributed by atoms with Gasteiger partial charge in [0, 0.05) is 25.9 Å². The quantitative estimate of drug-likeness (QED) is 0.650. The maximum atomic E-state index is 12.4. The summed E-state index contributed by atoms with van der Waals surface area (Å²) in [6.07, 6.45) is 9.01. The van der Waals surface area contributed by atoms with Crippen LogP contribution in [0.2, 0.25) is 0 Å². The molecule has 0 aliphatic heterocycles. The molecule has 0 aliphatic rings. The summed E-state index contributed by atoms with van der Waals surface area (Å²) in [5.74, 6) is -0.145. The van der Waals surface area contributed by atoms with Crippen molar-refractivity contribution >= 4 is 5.91 Å². The second kappa shape index (κ2) is 10.2. The Kier molecular flexibility index (Phi) is 8.43. The van der Waals surface area contributed by atoms with Crippen LogP contribution < -0.4 is 0 Å². The molecule has 0 saturated heterocycles. The molecule has 0 atom stereocenters. The van der Waals surface area contributed by atoms with Crippen LogP contribution in [0.15, 0.2) is 18.5 Å². The van der Waals surface area contributed by atoms with Gasteiger partial charge in [-0.15, -0.1) is 0 Å². The number of aliphatic hydroxyl groups is 1. The van der Waals surface area contributed by atoms with Gasteiger partial charge in [0.15, 0.2) is 0 Å². The van der Waals surface area contributed by atoms with Gasteiger partial charge in [-0.1, -0.05) is 32.6 Å². The number of carbonyl (C=O) groups excluding carboxylic acids is 1. The number of aromatic nitrogens is 1. The normalized spacial score (nSPS) is 10.6. The predicted molar refractivity (Wildman–Crippen MR) is 82.3 cm³/mol. The van der Waals surface area contributed by atoms with Gasteiger partial charge in [-0.25, -0.2) is 0 Å². The first kappa shape index (κ1) is 17.4. The topological polar surface area (TPSA) is 73.7 Å². The maximum Gasteiger partial charge on any atom is 0.255 e. The first-order chi connectivity index (χ1) is 10.2. The average Bonchev–Trinajstić information content (AvgIpc) is 2.49. The van der Waals surface area contributed by atoms with Gasteiger partial charge >= 0.3 is 0 Å².